The van der Waals surface area contributed by atoms with Gasteiger partial charge in [0.2, 0.25) is 5.91 Å². The molecule has 1 aliphatic heterocycles. The predicted molar refractivity (Wildman–Crippen MR) is 84.3 cm³/mol. The first-order valence-corrected chi connectivity index (χ1v) is 8.16. The topological polar surface area (TPSA) is 78.5 Å². The van der Waals surface area contributed by atoms with Gasteiger partial charge in [0.1, 0.15) is 17.9 Å². The fourth-order valence-electron chi connectivity index (χ4n) is 3.35. The molecule has 24 heavy (non-hydrogen) atoms. The second kappa shape index (κ2) is 6.59. The van der Waals surface area contributed by atoms with E-state index in [1.807, 2.05) is 0 Å². The molecular formula is C17H20FN3O3. The van der Waals surface area contributed by atoms with Gasteiger partial charge in [0.15, 0.2) is 0 Å². The molecule has 1 spiro atoms. The molecule has 1 heterocycles. The number of urea groups is 1. The molecular weight excluding hydrogens is 313 g/mol. The second-order valence-corrected chi connectivity index (χ2v) is 6.33. The van der Waals surface area contributed by atoms with Crippen molar-refractivity contribution in [2.24, 2.45) is 0 Å². The third-order valence-electron chi connectivity index (χ3n) is 4.69. The number of halogens is 1. The van der Waals surface area contributed by atoms with E-state index in [0.717, 1.165) is 24.2 Å². The summed E-state index contributed by atoms with van der Waals surface area (Å²) in [6.07, 6.45) is 4.06. The Morgan fingerprint density at radius 2 is 1.92 bits per heavy atom. The van der Waals surface area contributed by atoms with Crippen LogP contribution in [0.3, 0.4) is 0 Å². The molecule has 0 atom stereocenters. The quantitative estimate of drug-likeness (QED) is 0.823. The van der Waals surface area contributed by atoms with Crippen LogP contribution in [0.2, 0.25) is 0 Å². The minimum atomic E-state index is -0.832. The number of hydrogen-bond acceptors (Lipinski definition) is 3. The highest BCUT2D eigenvalue weighted by atomic mass is 19.1. The number of carbonyl (C=O) groups is 3. The Hall–Kier alpha value is -2.44. The number of carbonyl (C=O) groups excluding carboxylic acids is 3. The van der Waals surface area contributed by atoms with Crippen LogP contribution >= 0.6 is 0 Å². The van der Waals surface area contributed by atoms with Crippen LogP contribution in [-0.2, 0) is 16.1 Å². The maximum atomic E-state index is 13.5. The van der Waals surface area contributed by atoms with Crippen molar-refractivity contribution in [1.82, 2.24) is 15.5 Å². The zero-order valence-electron chi connectivity index (χ0n) is 13.3. The van der Waals surface area contributed by atoms with Crippen LogP contribution < -0.4 is 10.6 Å². The molecule has 1 aromatic rings. The van der Waals surface area contributed by atoms with Crippen LogP contribution in [-0.4, -0.2) is 34.8 Å². The van der Waals surface area contributed by atoms with E-state index >= 15 is 0 Å². The molecule has 3 rings (SSSR count). The standard InChI is InChI=1S/C17H20FN3O3/c18-13-7-3-2-6-12(13)10-19-14(22)11-21-15(23)17(20-16(21)24)8-4-1-5-9-17/h2-3,6-7H,1,4-5,8-11H2,(H,19,22)(H,20,24). The molecule has 1 saturated carbocycles. The Balaban J connectivity index is 1.59. The highest BCUT2D eigenvalue weighted by Crippen LogP contribution is 2.33. The molecule has 2 aliphatic rings. The first-order chi connectivity index (χ1) is 11.5. The SMILES string of the molecule is O=C(CN1C(=O)NC2(CCCCC2)C1=O)NCc1ccccc1F. The lowest BCUT2D eigenvalue weighted by molar-refractivity contribution is -0.135. The van der Waals surface area contributed by atoms with E-state index in [9.17, 15) is 18.8 Å². The van der Waals surface area contributed by atoms with E-state index < -0.39 is 23.3 Å². The van der Waals surface area contributed by atoms with Crippen molar-refractivity contribution < 1.29 is 18.8 Å². The van der Waals surface area contributed by atoms with Crippen LogP contribution in [0, 0.1) is 5.82 Å². The van der Waals surface area contributed by atoms with Crippen molar-refractivity contribution >= 4 is 17.8 Å². The van der Waals surface area contributed by atoms with Gasteiger partial charge in [0.05, 0.1) is 0 Å². The molecule has 0 aromatic heterocycles. The van der Waals surface area contributed by atoms with Gasteiger partial charge in [-0.2, -0.15) is 0 Å². The lowest BCUT2D eigenvalue weighted by Gasteiger charge is -2.30. The van der Waals surface area contributed by atoms with Gasteiger partial charge in [-0.05, 0) is 18.9 Å². The van der Waals surface area contributed by atoms with Crippen LogP contribution in [0.4, 0.5) is 9.18 Å². The van der Waals surface area contributed by atoms with Gasteiger partial charge in [-0.25, -0.2) is 9.18 Å². The zero-order chi connectivity index (χ0) is 17.2. The van der Waals surface area contributed by atoms with Crippen molar-refractivity contribution in [1.29, 1.82) is 0 Å². The summed E-state index contributed by atoms with van der Waals surface area (Å²) in [6, 6.07) is 5.60. The van der Waals surface area contributed by atoms with Crippen molar-refractivity contribution in [3.63, 3.8) is 0 Å². The molecule has 2 N–H and O–H groups in total. The average Bonchev–Trinajstić information content (AvgIpc) is 2.79. The van der Waals surface area contributed by atoms with E-state index in [-0.39, 0.29) is 19.0 Å². The monoisotopic (exact) mass is 333 g/mol. The molecule has 0 bridgehead atoms. The highest BCUT2D eigenvalue weighted by Gasteiger charge is 2.51. The lowest BCUT2D eigenvalue weighted by Crippen LogP contribution is -2.49. The van der Waals surface area contributed by atoms with Crippen molar-refractivity contribution in [2.45, 2.75) is 44.2 Å². The van der Waals surface area contributed by atoms with Crippen molar-refractivity contribution in [3.05, 3.63) is 35.6 Å². The highest BCUT2D eigenvalue weighted by molar-refractivity contribution is 6.09. The molecule has 0 radical (unpaired) electrons. The average molecular weight is 333 g/mol. The Bertz CT molecular complexity index is 671. The zero-order valence-corrected chi connectivity index (χ0v) is 13.3. The number of rotatable bonds is 4. The number of benzene rings is 1. The number of nitrogens with zero attached hydrogens (tertiary/aromatic N) is 1. The summed E-state index contributed by atoms with van der Waals surface area (Å²) in [4.78, 5) is 37.6. The molecule has 1 saturated heterocycles. The molecule has 4 amide bonds. The first kappa shape index (κ1) is 16.4. The van der Waals surface area contributed by atoms with Crippen molar-refractivity contribution in [2.75, 3.05) is 6.54 Å². The molecule has 2 fully saturated rings. The van der Waals surface area contributed by atoms with Crippen LogP contribution in [0.15, 0.2) is 24.3 Å². The molecule has 128 valence electrons. The van der Waals surface area contributed by atoms with Gasteiger partial charge in [0, 0.05) is 12.1 Å². The summed E-state index contributed by atoms with van der Waals surface area (Å²) >= 11 is 0. The normalized spacial score (nSPS) is 19.5. The van der Waals surface area contributed by atoms with E-state index in [1.165, 1.54) is 6.07 Å². The molecule has 6 nitrogen and oxygen atoms in total. The lowest BCUT2D eigenvalue weighted by atomic mass is 9.82. The third kappa shape index (κ3) is 3.11. The van der Waals surface area contributed by atoms with E-state index in [0.29, 0.717) is 18.4 Å². The Labute approximate surface area is 139 Å². The number of hydrogen-bond donors (Lipinski definition) is 2. The van der Waals surface area contributed by atoms with Gasteiger partial charge in [-0.3, -0.25) is 14.5 Å². The largest absolute Gasteiger partial charge is 0.350 e. The van der Waals surface area contributed by atoms with Crippen LogP contribution in [0.25, 0.3) is 0 Å². The van der Waals surface area contributed by atoms with E-state index in [4.69, 9.17) is 0 Å². The number of amides is 4. The molecule has 1 aromatic carbocycles. The fourth-order valence-corrected chi connectivity index (χ4v) is 3.35. The Kier molecular flexibility index (Phi) is 4.51. The maximum Gasteiger partial charge on any atom is 0.325 e. The van der Waals surface area contributed by atoms with Crippen molar-refractivity contribution in [3.8, 4) is 0 Å². The molecule has 1 aliphatic carbocycles. The summed E-state index contributed by atoms with van der Waals surface area (Å²) in [5.41, 5.74) is -0.479. The van der Waals surface area contributed by atoms with Gasteiger partial charge < -0.3 is 10.6 Å². The maximum absolute atomic E-state index is 13.5. The third-order valence-corrected chi connectivity index (χ3v) is 4.69. The summed E-state index contributed by atoms with van der Waals surface area (Å²) in [7, 11) is 0. The smallest absolute Gasteiger partial charge is 0.325 e. The number of nitrogens with one attached hydrogen (secondary N) is 2. The molecule has 0 unspecified atom stereocenters. The minimum Gasteiger partial charge on any atom is -0.350 e. The number of imide groups is 1. The Morgan fingerprint density at radius 1 is 1.21 bits per heavy atom. The minimum absolute atomic E-state index is 0.0142. The van der Waals surface area contributed by atoms with Gasteiger partial charge in [-0.1, -0.05) is 37.5 Å². The van der Waals surface area contributed by atoms with Gasteiger partial charge in [-0.15, -0.1) is 0 Å². The first-order valence-electron chi connectivity index (χ1n) is 8.16. The summed E-state index contributed by atoms with van der Waals surface area (Å²) in [5, 5.41) is 5.30. The summed E-state index contributed by atoms with van der Waals surface area (Å²) in [6.45, 7) is -0.332. The summed E-state index contributed by atoms with van der Waals surface area (Å²) in [5.74, 6) is -1.23. The predicted octanol–water partition coefficient (Wildman–Crippen LogP) is 1.70. The van der Waals surface area contributed by atoms with Gasteiger partial charge >= 0.3 is 6.03 Å². The van der Waals surface area contributed by atoms with Gasteiger partial charge in [0.25, 0.3) is 5.91 Å². The van der Waals surface area contributed by atoms with E-state index in [1.54, 1.807) is 18.2 Å². The van der Waals surface area contributed by atoms with E-state index in [2.05, 4.69) is 10.6 Å². The molecule has 7 heteroatoms. The van der Waals surface area contributed by atoms with Crippen LogP contribution in [0.5, 0.6) is 0 Å². The second-order valence-electron chi connectivity index (χ2n) is 6.33. The Morgan fingerprint density at radius 3 is 2.62 bits per heavy atom. The van der Waals surface area contributed by atoms with Crippen LogP contribution in [0.1, 0.15) is 37.7 Å². The fraction of sp³-hybridized carbons (Fsp3) is 0.471. The summed E-state index contributed by atoms with van der Waals surface area (Å²) < 4.78 is 13.5.